The van der Waals surface area contributed by atoms with Gasteiger partial charge in [-0.05, 0) is 61.1 Å². The van der Waals surface area contributed by atoms with Gasteiger partial charge < -0.3 is 24.5 Å². The van der Waals surface area contributed by atoms with Crippen LogP contribution in [0.25, 0.3) is 10.9 Å². The summed E-state index contributed by atoms with van der Waals surface area (Å²) in [5.74, 6) is 2.63. The predicted molar refractivity (Wildman–Crippen MR) is 114 cm³/mol. The maximum Gasteiger partial charge on any atom is 0.204 e. The normalized spacial score (nSPS) is 22.7. The number of hydrogen-bond donors (Lipinski definition) is 2. The number of H-pyrrole nitrogens is 1. The maximum absolute atomic E-state index is 9.22. The molecule has 5 rings (SSSR count). The van der Waals surface area contributed by atoms with Crippen molar-refractivity contribution in [2.75, 3.05) is 20.3 Å². The van der Waals surface area contributed by atoms with Crippen molar-refractivity contribution in [2.24, 2.45) is 0 Å². The average Bonchev–Trinajstić information content (AvgIpc) is 3.43. The molecule has 30 heavy (non-hydrogen) atoms. The molecule has 1 aliphatic carbocycles. The van der Waals surface area contributed by atoms with Crippen LogP contribution in [0.1, 0.15) is 36.3 Å². The maximum atomic E-state index is 9.22. The second-order valence-electron chi connectivity index (χ2n) is 8.07. The SMILES string of the molecule is COc1cccc2c1O[C@@H](CN[C@H]1CC[C@H](c3c[nH]c4ccc(C#N)cc34)C1)CO2. The zero-order valence-electron chi connectivity index (χ0n) is 17.0. The number of nitriles is 1. The number of rotatable bonds is 5. The van der Waals surface area contributed by atoms with Crippen LogP contribution < -0.4 is 19.5 Å². The Morgan fingerprint density at radius 1 is 1.27 bits per heavy atom. The number of benzene rings is 2. The van der Waals surface area contributed by atoms with Gasteiger partial charge in [0.25, 0.3) is 0 Å². The van der Waals surface area contributed by atoms with Gasteiger partial charge in [-0.2, -0.15) is 5.26 Å². The van der Waals surface area contributed by atoms with E-state index in [1.165, 1.54) is 10.9 Å². The third-order valence-corrected chi connectivity index (χ3v) is 6.22. The van der Waals surface area contributed by atoms with Crippen LogP contribution in [0.3, 0.4) is 0 Å². The molecule has 0 radical (unpaired) electrons. The fourth-order valence-corrected chi connectivity index (χ4v) is 4.67. The molecule has 2 aliphatic rings. The van der Waals surface area contributed by atoms with E-state index in [-0.39, 0.29) is 6.10 Å². The summed E-state index contributed by atoms with van der Waals surface area (Å²) in [5.41, 5.74) is 3.13. The molecule has 3 aromatic rings. The number of fused-ring (bicyclic) bond motifs is 2. The number of methoxy groups -OCH3 is 1. The number of hydrogen-bond acceptors (Lipinski definition) is 5. The summed E-state index contributed by atoms with van der Waals surface area (Å²) in [6.07, 6.45) is 5.42. The lowest BCUT2D eigenvalue weighted by Gasteiger charge is -2.28. The zero-order chi connectivity index (χ0) is 20.5. The van der Waals surface area contributed by atoms with E-state index in [9.17, 15) is 5.26 Å². The van der Waals surface area contributed by atoms with Crippen molar-refractivity contribution in [3.05, 3.63) is 53.7 Å². The summed E-state index contributed by atoms with van der Waals surface area (Å²) in [7, 11) is 1.64. The van der Waals surface area contributed by atoms with Gasteiger partial charge >= 0.3 is 0 Å². The molecular weight excluding hydrogens is 378 g/mol. The Kier molecular flexibility index (Phi) is 4.97. The Hall–Kier alpha value is -3.17. The molecule has 0 bridgehead atoms. The summed E-state index contributed by atoms with van der Waals surface area (Å²) in [5, 5.41) is 14.1. The highest BCUT2D eigenvalue weighted by atomic mass is 16.6. The van der Waals surface area contributed by atoms with Crippen molar-refractivity contribution in [3.8, 4) is 23.3 Å². The van der Waals surface area contributed by atoms with Crippen LogP contribution in [-0.4, -0.2) is 37.4 Å². The average molecular weight is 403 g/mol. The lowest BCUT2D eigenvalue weighted by molar-refractivity contribution is 0.0844. The summed E-state index contributed by atoms with van der Waals surface area (Å²) < 4.78 is 17.4. The van der Waals surface area contributed by atoms with E-state index >= 15 is 0 Å². The number of nitrogens with zero attached hydrogens (tertiary/aromatic N) is 1. The Morgan fingerprint density at radius 3 is 3.07 bits per heavy atom. The van der Waals surface area contributed by atoms with Crippen LogP contribution in [0.4, 0.5) is 0 Å². The van der Waals surface area contributed by atoms with Crippen molar-refractivity contribution < 1.29 is 14.2 Å². The van der Waals surface area contributed by atoms with Gasteiger partial charge in [0.2, 0.25) is 5.75 Å². The topological polar surface area (TPSA) is 79.3 Å². The van der Waals surface area contributed by atoms with Crippen LogP contribution in [0.5, 0.6) is 17.2 Å². The standard InChI is InChI=1S/C24H25N3O3/c1-28-22-3-2-4-23-24(22)30-18(14-29-23)12-26-17-7-6-16(10-17)20-13-27-21-8-5-15(11-25)9-19(20)21/h2-5,8-9,13,16-18,26-27H,6-7,10,12,14H2,1H3/t16-,17-,18-/m0/s1. The number of aromatic nitrogens is 1. The van der Waals surface area contributed by atoms with Gasteiger partial charge in [-0.25, -0.2) is 0 Å². The third-order valence-electron chi connectivity index (χ3n) is 6.22. The van der Waals surface area contributed by atoms with Crippen molar-refractivity contribution in [1.29, 1.82) is 5.26 Å². The van der Waals surface area contributed by atoms with Crippen molar-refractivity contribution in [3.63, 3.8) is 0 Å². The number of nitrogens with one attached hydrogen (secondary N) is 2. The summed E-state index contributed by atoms with van der Waals surface area (Å²) >= 11 is 0. The molecule has 0 saturated heterocycles. The first-order valence-corrected chi connectivity index (χ1v) is 10.5. The van der Waals surface area contributed by atoms with E-state index in [1.807, 2.05) is 36.4 Å². The fraction of sp³-hybridized carbons (Fsp3) is 0.375. The summed E-state index contributed by atoms with van der Waals surface area (Å²) in [6.45, 7) is 1.27. The Labute approximate surface area is 175 Å². The molecular formula is C24H25N3O3. The van der Waals surface area contributed by atoms with E-state index in [0.29, 0.717) is 35.6 Å². The van der Waals surface area contributed by atoms with Crippen LogP contribution in [0.2, 0.25) is 0 Å². The third kappa shape index (κ3) is 3.46. The van der Waals surface area contributed by atoms with Crippen molar-refractivity contribution >= 4 is 10.9 Å². The number of ether oxygens (including phenoxy) is 3. The number of aromatic amines is 1. The highest BCUT2D eigenvalue weighted by Crippen LogP contribution is 2.41. The molecule has 6 heteroatoms. The molecule has 0 spiro atoms. The Bertz CT molecular complexity index is 1090. The van der Waals surface area contributed by atoms with Gasteiger partial charge in [0.1, 0.15) is 12.7 Å². The highest BCUT2D eigenvalue weighted by molar-refractivity contribution is 5.85. The monoisotopic (exact) mass is 403 g/mol. The Morgan fingerprint density at radius 2 is 2.20 bits per heavy atom. The van der Waals surface area contributed by atoms with E-state index in [4.69, 9.17) is 14.2 Å². The van der Waals surface area contributed by atoms with Crippen LogP contribution in [0, 0.1) is 11.3 Å². The van der Waals surface area contributed by atoms with Crippen LogP contribution >= 0.6 is 0 Å². The van der Waals surface area contributed by atoms with Crippen molar-refractivity contribution in [2.45, 2.75) is 37.3 Å². The van der Waals surface area contributed by atoms with E-state index < -0.39 is 0 Å². The van der Waals surface area contributed by atoms with Gasteiger partial charge in [0, 0.05) is 29.7 Å². The summed E-state index contributed by atoms with van der Waals surface area (Å²) in [6, 6.07) is 14.2. The summed E-state index contributed by atoms with van der Waals surface area (Å²) in [4.78, 5) is 3.36. The second kappa shape index (κ2) is 7.92. The van der Waals surface area contributed by atoms with Gasteiger partial charge in [-0.3, -0.25) is 0 Å². The van der Waals surface area contributed by atoms with Gasteiger partial charge in [0.15, 0.2) is 11.5 Å². The first kappa shape index (κ1) is 18.8. The van der Waals surface area contributed by atoms with E-state index in [2.05, 4.69) is 22.6 Å². The molecule has 1 saturated carbocycles. The van der Waals surface area contributed by atoms with Crippen LogP contribution in [0.15, 0.2) is 42.6 Å². The van der Waals surface area contributed by atoms with E-state index in [0.717, 1.165) is 37.1 Å². The Balaban J connectivity index is 1.21. The first-order chi connectivity index (χ1) is 14.7. The molecule has 3 atom stereocenters. The molecule has 6 nitrogen and oxygen atoms in total. The van der Waals surface area contributed by atoms with Crippen LogP contribution in [-0.2, 0) is 0 Å². The molecule has 1 fully saturated rings. The highest BCUT2D eigenvalue weighted by Gasteiger charge is 2.29. The molecule has 2 heterocycles. The van der Waals surface area contributed by atoms with Gasteiger partial charge in [-0.15, -0.1) is 0 Å². The van der Waals surface area contributed by atoms with Crippen molar-refractivity contribution in [1.82, 2.24) is 10.3 Å². The quantitative estimate of drug-likeness (QED) is 0.670. The first-order valence-electron chi connectivity index (χ1n) is 10.5. The minimum atomic E-state index is -0.0425. The minimum absolute atomic E-state index is 0.0425. The lowest BCUT2D eigenvalue weighted by atomic mass is 9.96. The van der Waals surface area contributed by atoms with Gasteiger partial charge in [0.05, 0.1) is 18.7 Å². The lowest BCUT2D eigenvalue weighted by Crippen LogP contribution is -2.41. The second-order valence-corrected chi connectivity index (χ2v) is 8.07. The predicted octanol–water partition coefficient (Wildman–Crippen LogP) is 4.11. The molecule has 0 unspecified atom stereocenters. The molecule has 154 valence electrons. The van der Waals surface area contributed by atoms with Gasteiger partial charge in [-0.1, -0.05) is 6.07 Å². The molecule has 2 aromatic carbocycles. The largest absolute Gasteiger partial charge is 0.493 e. The fourth-order valence-electron chi connectivity index (χ4n) is 4.67. The zero-order valence-corrected chi connectivity index (χ0v) is 17.0. The molecule has 1 aliphatic heterocycles. The minimum Gasteiger partial charge on any atom is -0.493 e. The number of para-hydroxylation sites is 1. The van der Waals surface area contributed by atoms with E-state index in [1.54, 1.807) is 7.11 Å². The smallest absolute Gasteiger partial charge is 0.204 e. The molecule has 0 amide bonds. The molecule has 1 aromatic heterocycles. The molecule has 2 N–H and O–H groups in total.